The molecule has 4 heterocycles. The first kappa shape index (κ1) is 20.3. The maximum absolute atomic E-state index is 13.1. The van der Waals surface area contributed by atoms with Gasteiger partial charge in [-0.15, -0.1) is 0 Å². The molecule has 4 aliphatic heterocycles. The summed E-state index contributed by atoms with van der Waals surface area (Å²) in [6.07, 6.45) is 3.63. The zero-order valence-electron chi connectivity index (χ0n) is 17.2. The van der Waals surface area contributed by atoms with Crippen molar-refractivity contribution in [3.05, 3.63) is 34.9 Å². The quantitative estimate of drug-likeness (QED) is 0.571. The number of imide groups is 2. The van der Waals surface area contributed by atoms with Gasteiger partial charge in [-0.25, -0.2) is 0 Å². The number of benzene rings is 1. The molecule has 0 aromatic heterocycles. The van der Waals surface area contributed by atoms with Crippen LogP contribution in [-0.2, 0) is 20.9 Å². The van der Waals surface area contributed by atoms with Crippen LogP contribution in [0.1, 0.15) is 58.4 Å². The lowest BCUT2D eigenvalue weighted by Crippen LogP contribution is -2.64. The molecule has 2 unspecified atom stereocenters. The van der Waals surface area contributed by atoms with E-state index >= 15 is 0 Å². The zero-order valence-corrected chi connectivity index (χ0v) is 17.2. The molecule has 0 aliphatic carbocycles. The van der Waals surface area contributed by atoms with E-state index in [9.17, 15) is 19.2 Å². The number of rotatable bonds is 5. The van der Waals surface area contributed by atoms with Crippen molar-refractivity contribution in [3.63, 3.8) is 0 Å². The van der Waals surface area contributed by atoms with Gasteiger partial charge in [-0.3, -0.25) is 29.4 Å². The van der Waals surface area contributed by atoms with E-state index in [-0.39, 0.29) is 30.5 Å². The second-order valence-corrected chi connectivity index (χ2v) is 8.84. The van der Waals surface area contributed by atoms with Crippen molar-refractivity contribution in [3.8, 4) is 0 Å². The van der Waals surface area contributed by atoms with Crippen LogP contribution in [0.5, 0.6) is 0 Å². The fourth-order valence-corrected chi connectivity index (χ4v) is 5.03. The summed E-state index contributed by atoms with van der Waals surface area (Å²) >= 11 is 0. The van der Waals surface area contributed by atoms with Gasteiger partial charge in [0.2, 0.25) is 11.8 Å². The van der Waals surface area contributed by atoms with E-state index in [2.05, 4.69) is 16.0 Å². The number of hydrogen-bond donors (Lipinski definition) is 3. The maximum atomic E-state index is 13.1. The monoisotopic (exact) mass is 426 g/mol. The summed E-state index contributed by atoms with van der Waals surface area (Å²) < 4.78 is 6.27. The summed E-state index contributed by atoms with van der Waals surface area (Å²) in [5, 5.41) is 8.88. The van der Waals surface area contributed by atoms with Gasteiger partial charge in [-0.1, -0.05) is 12.1 Å². The summed E-state index contributed by atoms with van der Waals surface area (Å²) in [6.45, 7) is 2.91. The normalized spacial score (nSPS) is 27.3. The van der Waals surface area contributed by atoms with Crippen LogP contribution in [0.25, 0.3) is 0 Å². The Kier molecular flexibility index (Phi) is 5.11. The van der Waals surface area contributed by atoms with Crippen LogP contribution in [0.15, 0.2) is 18.2 Å². The minimum atomic E-state index is -0.950. The molecular formula is C22H26N4O5. The van der Waals surface area contributed by atoms with Gasteiger partial charge in [0.15, 0.2) is 0 Å². The van der Waals surface area contributed by atoms with Crippen LogP contribution in [0.3, 0.4) is 0 Å². The Hall–Kier alpha value is -2.62. The minimum Gasteiger partial charge on any atom is -0.368 e. The minimum absolute atomic E-state index is 0.0105. The predicted molar refractivity (Wildman–Crippen MR) is 109 cm³/mol. The lowest BCUT2D eigenvalue weighted by atomic mass is 9.86. The van der Waals surface area contributed by atoms with E-state index < -0.39 is 23.8 Å². The average Bonchev–Trinajstić information content (AvgIpc) is 2.98. The second kappa shape index (κ2) is 7.81. The Labute approximate surface area is 179 Å². The third-order valence-corrected chi connectivity index (χ3v) is 6.71. The van der Waals surface area contributed by atoms with Crippen molar-refractivity contribution >= 4 is 23.6 Å². The molecule has 31 heavy (non-hydrogen) atoms. The lowest BCUT2D eigenvalue weighted by molar-refractivity contribution is -0.151. The molecule has 5 rings (SSSR count). The number of nitrogens with zero attached hydrogens (tertiary/aromatic N) is 1. The number of ether oxygens (including phenoxy) is 1. The van der Waals surface area contributed by atoms with Crippen molar-refractivity contribution < 1.29 is 23.9 Å². The number of hydrogen-bond acceptors (Lipinski definition) is 7. The number of amides is 4. The van der Waals surface area contributed by atoms with Gasteiger partial charge in [0.1, 0.15) is 6.04 Å². The molecular weight excluding hydrogens is 400 g/mol. The first-order chi connectivity index (χ1) is 15.0. The Morgan fingerprint density at radius 2 is 1.97 bits per heavy atom. The number of carbonyl (C=O) groups excluding carboxylic acids is 4. The molecule has 0 saturated carbocycles. The summed E-state index contributed by atoms with van der Waals surface area (Å²) in [5.74, 6) is -1.93. The third-order valence-electron chi connectivity index (χ3n) is 6.71. The molecule has 1 aromatic rings. The molecule has 4 amide bonds. The van der Waals surface area contributed by atoms with Gasteiger partial charge in [-0.2, -0.15) is 0 Å². The molecule has 4 aliphatic rings. The van der Waals surface area contributed by atoms with E-state index in [1.54, 1.807) is 12.1 Å². The Bertz CT molecular complexity index is 957. The van der Waals surface area contributed by atoms with E-state index in [4.69, 9.17) is 4.74 Å². The molecule has 1 aromatic carbocycles. The Morgan fingerprint density at radius 1 is 1.13 bits per heavy atom. The van der Waals surface area contributed by atoms with Gasteiger partial charge in [0.25, 0.3) is 11.8 Å². The molecule has 1 spiro atoms. The topological polar surface area (TPSA) is 117 Å². The molecule has 2 atom stereocenters. The van der Waals surface area contributed by atoms with Crippen LogP contribution in [0.4, 0.5) is 0 Å². The van der Waals surface area contributed by atoms with Crippen LogP contribution >= 0.6 is 0 Å². The predicted octanol–water partition coefficient (Wildman–Crippen LogP) is 0.0885. The van der Waals surface area contributed by atoms with Crippen molar-refractivity contribution in [2.24, 2.45) is 0 Å². The van der Waals surface area contributed by atoms with E-state index in [1.807, 2.05) is 6.07 Å². The summed E-state index contributed by atoms with van der Waals surface area (Å²) in [6, 6.07) is 4.24. The molecule has 9 heteroatoms. The second-order valence-electron chi connectivity index (χ2n) is 8.84. The van der Waals surface area contributed by atoms with Gasteiger partial charge < -0.3 is 15.4 Å². The van der Waals surface area contributed by atoms with Gasteiger partial charge >= 0.3 is 0 Å². The summed E-state index contributed by atoms with van der Waals surface area (Å²) in [7, 11) is 0. The van der Waals surface area contributed by atoms with Crippen LogP contribution in [-0.4, -0.2) is 65.9 Å². The fourth-order valence-electron chi connectivity index (χ4n) is 5.03. The molecule has 9 nitrogen and oxygen atoms in total. The molecule has 0 radical (unpaired) electrons. The molecule has 164 valence electrons. The number of piperidine rings is 1. The van der Waals surface area contributed by atoms with Gasteiger partial charge in [0.05, 0.1) is 22.8 Å². The number of fused-ring (bicyclic) bond motifs is 1. The average molecular weight is 426 g/mol. The Morgan fingerprint density at radius 3 is 2.71 bits per heavy atom. The Balaban J connectivity index is 1.27. The van der Waals surface area contributed by atoms with Crippen LogP contribution in [0.2, 0.25) is 0 Å². The fraction of sp³-hybridized carbons (Fsp3) is 0.545. The number of carbonyl (C=O) groups is 4. The molecule has 3 N–H and O–H groups in total. The van der Waals surface area contributed by atoms with E-state index in [0.29, 0.717) is 24.2 Å². The largest absolute Gasteiger partial charge is 0.368 e. The van der Waals surface area contributed by atoms with E-state index in [0.717, 1.165) is 42.8 Å². The van der Waals surface area contributed by atoms with Crippen LogP contribution in [0, 0.1) is 0 Å². The van der Waals surface area contributed by atoms with Gasteiger partial charge in [0, 0.05) is 32.6 Å². The first-order valence-corrected chi connectivity index (χ1v) is 10.9. The summed E-state index contributed by atoms with van der Waals surface area (Å²) in [4.78, 5) is 50.7. The molecule has 3 saturated heterocycles. The highest BCUT2D eigenvalue weighted by molar-refractivity contribution is 6.24. The van der Waals surface area contributed by atoms with Crippen LogP contribution < -0.4 is 16.0 Å². The highest BCUT2D eigenvalue weighted by atomic mass is 16.5. The van der Waals surface area contributed by atoms with E-state index in [1.165, 1.54) is 0 Å². The smallest absolute Gasteiger partial charge is 0.262 e. The van der Waals surface area contributed by atoms with Crippen molar-refractivity contribution in [2.75, 3.05) is 19.6 Å². The van der Waals surface area contributed by atoms with Crippen molar-refractivity contribution in [2.45, 2.75) is 56.4 Å². The van der Waals surface area contributed by atoms with Crippen molar-refractivity contribution in [1.82, 2.24) is 20.9 Å². The first-order valence-electron chi connectivity index (χ1n) is 10.9. The standard InChI is InChI=1S/C22H26N4O5/c27-17-7-6-16(19(28)25-17)26-20(29)15-5-1-3-13(18(15)21(26)30)9-23-10-14-4-2-8-22(31-14)11-24-12-22/h1,3,5,14,16,23-24H,2,4,6-12H2,(H,25,27,28). The zero-order chi connectivity index (χ0) is 21.6. The SMILES string of the molecule is O=C1CCC(N2C(=O)c3cccc(CNCC4CCCC5(CNC5)O4)c3C2=O)C(=O)N1. The highest BCUT2D eigenvalue weighted by Gasteiger charge is 2.45. The van der Waals surface area contributed by atoms with Crippen molar-refractivity contribution in [1.29, 1.82) is 0 Å². The molecule has 0 bridgehead atoms. The maximum Gasteiger partial charge on any atom is 0.262 e. The van der Waals surface area contributed by atoms with Gasteiger partial charge in [-0.05, 0) is 37.3 Å². The highest BCUT2D eigenvalue weighted by Crippen LogP contribution is 2.32. The third kappa shape index (κ3) is 3.56. The molecule has 3 fully saturated rings. The summed E-state index contributed by atoms with van der Waals surface area (Å²) in [5.41, 5.74) is 1.36. The number of nitrogens with one attached hydrogen (secondary N) is 3. The lowest BCUT2D eigenvalue weighted by Gasteiger charge is -2.48.